The summed E-state index contributed by atoms with van der Waals surface area (Å²) in [4.78, 5) is 14.6. The molecule has 3 rings (SSSR count). The van der Waals surface area contributed by atoms with Crippen molar-refractivity contribution in [3.05, 3.63) is 65.5 Å². The van der Waals surface area contributed by atoms with Crippen molar-refractivity contribution in [2.75, 3.05) is 20.1 Å². The van der Waals surface area contributed by atoms with E-state index in [1.807, 2.05) is 6.07 Å². The number of hydrogen-bond acceptors (Lipinski definition) is 3. The standard InChI is InChI=1S/C20H23FN2O3S/c1-22-27(25,26)19-7-3-5-17(14-19)20(24)23-10-8-15(9-11-23)12-16-4-2-6-18(21)13-16/h2-7,13-15,22H,8-12H2,1H3. The smallest absolute Gasteiger partial charge is 0.253 e. The Balaban J connectivity index is 1.63. The van der Waals surface area contributed by atoms with Crippen molar-refractivity contribution in [1.82, 2.24) is 9.62 Å². The van der Waals surface area contributed by atoms with Gasteiger partial charge in [-0.3, -0.25) is 4.79 Å². The summed E-state index contributed by atoms with van der Waals surface area (Å²) in [5.74, 6) is 0.0238. The average molecular weight is 390 g/mol. The van der Waals surface area contributed by atoms with E-state index in [1.165, 1.54) is 25.2 Å². The Hall–Kier alpha value is -2.25. The Kier molecular flexibility index (Phi) is 5.92. The molecule has 0 aromatic heterocycles. The molecule has 0 aliphatic carbocycles. The predicted molar refractivity (Wildman–Crippen MR) is 101 cm³/mol. The zero-order valence-corrected chi connectivity index (χ0v) is 16.0. The summed E-state index contributed by atoms with van der Waals surface area (Å²) in [5.41, 5.74) is 1.35. The second kappa shape index (κ2) is 8.19. The first-order valence-electron chi connectivity index (χ1n) is 8.96. The van der Waals surface area contributed by atoms with Crippen LogP contribution in [0.1, 0.15) is 28.8 Å². The molecule has 1 amide bonds. The highest BCUT2D eigenvalue weighted by Crippen LogP contribution is 2.23. The van der Waals surface area contributed by atoms with Crippen LogP contribution in [0.3, 0.4) is 0 Å². The monoisotopic (exact) mass is 390 g/mol. The Morgan fingerprint density at radius 2 is 1.85 bits per heavy atom. The lowest BCUT2D eigenvalue weighted by atomic mass is 9.90. The average Bonchev–Trinajstić information content (AvgIpc) is 2.68. The summed E-state index contributed by atoms with van der Waals surface area (Å²) < 4.78 is 39.4. The van der Waals surface area contributed by atoms with Crippen molar-refractivity contribution in [2.45, 2.75) is 24.2 Å². The van der Waals surface area contributed by atoms with Crippen LogP contribution in [0, 0.1) is 11.7 Å². The molecule has 27 heavy (non-hydrogen) atoms. The van der Waals surface area contributed by atoms with Gasteiger partial charge in [-0.1, -0.05) is 18.2 Å². The normalized spacial score (nSPS) is 15.7. The number of halogens is 1. The number of rotatable bonds is 5. The van der Waals surface area contributed by atoms with Gasteiger partial charge in [-0.15, -0.1) is 0 Å². The molecular weight excluding hydrogens is 367 g/mol. The Labute approximate surface area is 159 Å². The molecule has 144 valence electrons. The minimum absolute atomic E-state index is 0.0804. The third-order valence-corrected chi connectivity index (χ3v) is 6.39. The van der Waals surface area contributed by atoms with E-state index in [4.69, 9.17) is 0 Å². The number of piperidine rings is 1. The Morgan fingerprint density at radius 1 is 1.15 bits per heavy atom. The molecule has 2 aromatic carbocycles. The third kappa shape index (κ3) is 4.73. The van der Waals surface area contributed by atoms with Crippen LogP contribution in [0.5, 0.6) is 0 Å². The SMILES string of the molecule is CNS(=O)(=O)c1cccc(C(=O)N2CCC(Cc3cccc(F)c3)CC2)c1. The van der Waals surface area contributed by atoms with Crippen LogP contribution in [-0.4, -0.2) is 39.4 Å². The van der Waals surface area contributed by atoms with Crippen LogP contribution in [0.15, 0.2) is 53.4 Å². The molecule has 1 aliphatic rings. The number of carbonyl (C=O) groups excluding carboxylic acids is 1. The Bertz CT molecular complexity index is 922. The highest BCUT2D eigenvalue weighted by Gasteiger charge is 2.24. The van der Waals surface area contributed by atoms with E-state index in [1.54, 1.807) is 29.2 Å². The molecule has 1 fully saturated rings. The Morgan fingerprint density at radius 3 is 2.52 bits per heavy atom. The molecule has 5 nitrogen and oxygen atoms in total. The van der Waals surface area contributed by atoms with E-state index in [0.717, 1.165) is 24.8 Å². The van der Waals surface area contributed by atoms with Gasteiger partial charge < -0.3 is 4.90 Å². The number of hydrogen-bond donors (Lipinski definition) is 1. The van der Waals surface area contributed by atoms with Crippen LogP contribution >= 0.6 is 0 Å². The molecule has 1 saturated heterocycles. The summed E-state index contributed by atoms with van der Waals surface area (Å²) in [6.07, 6.45) is 2.49. The number of likely N-dealkylation sites (tertiary alicyclic amines) is 1. The largest absolute Gasteiger partial charge is 0.339 e. The van der Waals surface area contributed by atoms with Gasteiger partial charge in [0.1, 0.15) is 5.82 Å². The maximum Gasteiger partial charge on any atom is 0.253 e. The van der Waals surface area contributed by atoms with E-state index in [2.05, 4.69) is 4.72 Å². The summed E-state index contributed by atoms with van der Waals surface area (Å²) in [6, 6.07) is 12.7. The summed E-state index contributed by atoms with van der Waals surface area (Å²) in [5, 5.41) is 0. The van der Waals surface area contributed by atoms with Crippen LogP contribution in [-0.2, 0) is 16.4 Å². The topological polar surface area (TPSA) is 66.5 Å². The van der Waals surface area contributed by atoms with E-state index in [0.29, 0.717) is 24.6 Å². The van der Waals surface area contributed by atoms with Gasteiger partial charge in [0.25, 0.3) is 5.91 Å². The van der Waals surface area contributed by atoms with Gasteiger partial charge in [-0.25, -0.2) is 17.5 Å². The van der Waals surface area contributed by atoms with Crippen molar-refractivity contribution < 1.29 is 17.6 Å². The molecule has 1 heterocycles. The molecule has 0 bridgehead atoms. The van der Waals surface area contributed by atoms with E-state index >= 15 is 0 Å². The van der Waals surface area contributed by atoms with Gasteiger partial charge >= 0.3 is 0 Å². The fourth-order valence-electron chi connectivity index (χ4n) is 3.43. The predicted octanol–water partition coefficient (Wildman–Crippen LogP) is 2.83. The van der Waals surface area contributed by atoms with Crippen LogP contribution in [0.25, 0.3) is 0 Å². The third-order valence-electron chi connectivity index (χ3n) is 4.98. The lowest BCUT2D eigenvalue weighted by molar-refractivity contribution is 0.0690. The lowest BCUT2D eigenvalue weighted by Crippen LogP contribution is -2.39. The number of sulfonamides is 1. The van der Waals surface area contributed by atoms with Crippen molar-refractivity contribution in [1.29, 1.82) is 0 Å². The molecule has 0 unspecified atom stereocenters. The van der Waals surface area contributed by atoms with Crippen molar-refractivity contribution in [2.24, 2.45) is 5.92 Å². The molecule has 2 aromatic rings. The first kappa shape index (κ1) is 19.5. The summed E-state index contributed by atoms with van der Waals surface area (Å²) in [7, 11) is -2.24. The lowest BCUT2D eigenvalue weighted by Gasteiger charge is -2.32. The van der Waals surface area contributed by atoms with Crippen LogP contribution in [0.2, 0.25) is 0 Å². The first-order valence-corrected chi connectivity index (χ1v) is 10.4. The fourth-order valence-corrected chi connectivity index (χ4v) is 4.21. The highest BCUT2D eigenvalue weighted by molar-refractivity contribution is 7.89. The number of carbonyl (C=O) groups is 1. The quantitative estimate of drug-likeness (QED) is 0.854. The number of amides is 1. The molecule has 0 saturated carbocycles. The first-order chi connectivity index (χ1) is 12.9. The van der Waals surface area contributed by atoms with E-state index in [9.17, 15) is 17.6 Å². The molecule has 0 atom stereocenters. The van der Waals surface area contributed by atoms with Gasteiger partial charge in [0.15, 0.2) is 0 Å². The second-order valence-corrected chi connectivity index (χ2v) is 8.69. The second-order valence-electron chi connectivity index (χ2n) is 6.81. The number of benzene rings is 2. The number of nitrogens with zero attached hydrogens (tertiary/aromatic N) is 1. The van der Waals surface area contributed by atoms with Crippen LogP contribution in [0.4, 0.5) is 4.39 Å². The van der Waals surface area contributed by atoms with Gasteiger partial charge in [0, 0.05) is 18.7 Å². The van der Waals surface area contributed by atoms with Crippen molar-refractivity contribution in [3.8, 4) is 0 Å². The summed E-state index contributed by atoms with van der Waals surface area (Å²) in [6.45, 7) is 1.23. The zero-order chi connectivity index (χ0) is 19.4. The zero-order valence-electron chi connectivity index (χ0n) is 15.2. The highest BCUT2D eigenvalue weighted by atomic mass is 32.2. The van der Waals surface area contributed by atoms with Gasteiger partial charge in [0.05, 0.1) is 4.90 Å². The van der Waals surface area contributed by atoms with Gasteiger partial charge in [-0.2, -0.15) is 0 Å². The van der Waals surface area contributed by atoms with E-state index < -0.39 is 10.0 Å². The number of nitrogens with one attached hydrogen (secondary N) is 1. The van der Waals surface area contributed by atoms with Crippen molar-refractivity contribution in [3.63, 3.8) is 0 Å². The fraction of sp³-hybridized carbons (Fsp3) is 0.350. The van der Waals surface area contributed by atoms with Gasteiger partial charge in [-0.05, 0) is 68.1 Å². The maximum absolute atomic E-state index is 13.3. The van der Waals surface area contributed by atoms with Crippen molar-refractivity contribution >= 4 is 15.9 Å². The van der Waals surface area contributed by atoms with Gasteiger partial charge in [0.2, 0.25) is 10.0 Å². The molecule has 0 radical (unpaired) electrons. The molecular formula is C20H23FN2O3S. The molecule has 1 aliphatic heterocycles. The minimum atomic E-state index is -3.58. The molecule has 1 N–H and O–H groups in total. The van der Waals surface area contributed by atoms with E-state index in [-0.39, 0.29) is 16.6 Å². The maximum atomic E-state index is 13.3. The summed E-state index contributed by atoms with van der Waals surface area (Å²) >= 11 is 0. The molecule has 7 heteroatoms. The minimum Gasteiger partial charge on any atom is -0.339 e. The molecule has 0 spiro atoms. The van der Waals surface area contributed by atoms with Crippen LogP contribution < -0.4 is 4.72 Å².